The quantitative estimate of drug-likeness (QED) is 0.729. The van der Waals surface area contributed by atoms with Crippen LogP contribution in [0, 0.1) is 18.9 Å². The minimum atomic E-state index is 0.217. The maximum atomic E-state index is 7.09. The Hall–Kier alpha value is -2.36. The predicted molar refractivity (Wildman–Crippen MR) is 108 cm³/mol. The molecule has 3 heterocycles. The zero-order chi connectivity index (χ0) is 19.3. The summed E-state index contributed by atoms with van der Waals surface area (Å²) in [6.07, 6.45) is 7.78. The van der Waals surface area contributed by atoms with E-state index < -0.39 is 0 Å². The highest BCUT2D eigenvalue weighted by Crippen LogP contribution is 2.59. The van der Waals surface area contributed by atoms with Gasteiger partial charge >= 0.3 is 0 Å². The molecule has 7 heteroatoms. The van der Waals surface area contributed by atoms with Gasteiger partial charge in [-0.25, -0.2) is 14.8 Å². The second-order valence-corrected chi connectivity index (χ2v) is 8.53. The van der Waals surface area contributed by atoms with Crippen LogP contribution in [0.1, 0.15) is 37.7 Å². The Morgan fingerprint density at radius 1 is 1.32 bits per heavy atom. The van der Waals surface area contributed by atoms with Crippen molar-refractivity contribution < 1.29 is 4.74 Å². The van der Waals surface area contributed by atoms with Gasteiger partial charge in [0.1, 0.15) is 18.2 Å². The number of hydrogen-bond donors (Lipinski definition) is 2. The largest absolute Gasteiger partial charge is 0.473 e. The van der Waals surface area contributed by atoms with Gasteiger partial charge in [-0.1, -0.05) is 17.7 Å². The van der Waals surface area contributed by atoms with E-state index in [0.29, 0.717) is 40.2 Å². The zero-order valence-corrected chi connectivity index (χ0v) is 16.5. The molecule has 1 saturated carbocycles. The molecular weight excluding hydrogens is 374 g/mol. The molecule has 3 fully saturated rings. The number of hydrogen-bond acceptors (Lipinski definition) is 5. The lowest BCUT2D eigenvalue weighted by Gasteiger charge is -2.38. The predicted octanol–water partition coefficient (Wildman–Crippen LogP) is 4.78. The van der Waals surface area contributed by atoms with Gasteiger partial charge < -0.3 is 15.4 Å². The number of nitrogens with zero attached hydrogens (tertiary/aromatic N) is 3. The van der Waals surface area contributed by atoms with E-state index in [-0.39, 0.29) is 11.5 Å². The van der Waals surface area contributed by atoms with Crippen molar-refractivity contribution in [1.82, 2.24) is 15.3 Å². The molecule has 2 aliphatic heterocycles. The molecule has 5 rings (SSSR count). The Morgan fingerprint density at radius 2 is 2.18 bits per heavy atom. The topological polar surface area (TPSA) is 63.4 Å². The van der Waals surface area contributed by atoms with Crippen molar-refractivity contribution in [2.45, 2.75) is 57.2 Å². The first-order valence-corrected chi connectivity index (χ1v) is 10.2. The summed E-state index contributed by atoms with van der Waals surface area (Å²) in [7, 11) is 0. The van der Waals surface area contributed by atoms with Gasteiger partial charge in [0.25, 0.3) is 0 Å². The Morgan fingerprint density at radius 3 is 2.93 bits per heavy atom. The van der Waals surface area contributed by atoms with Gasteiger partial charge in [-0.15, -0.1) is 0 Å². The SMILES string of the molecule is [C-]#[N+]c1ccc(Nc2ncnc(OC3CC4CCC(N4)C34CC4)c2C)c(Cl)c1. The Balaban J connectivity index is 1.38. The Labute approximate surface area is 169 Å². The normalized spacial score (nSPS) is 26.7. The van der Waals surface area contributed by atoms with E-state index in [1.54, 1.807) is 18.2 Å². The fourth-order valence-corrected chi connectivity index (χ4v) is 4.99. The van der Waals surface area contributed by atoms with Gasteiger partial charge in [-0.05, 0) is 44.7 Å². The van der Waals surface area contributed by atoms with Crippen LogP contribution >= 0.6 is 11.6 Å². The lowest BCUT2D eigenvalue weighted by Crippen LogP contribution is -2.51. The molecule has 1 aliphatic carbocycles. The summed E-state index contributed by atoms with van der Waals surface area (Å²) < 4.78 is 6.49. The highest BCUT2D eigenvalue weighted by Gasteiger charge is 2.61. The van der Waals surface area contributed by atoms with Crippen molar-refractivity contribution >= 4 is 28.8 Å². The van der Waals surface area contributed by atoms with E-state index in [0.717, 1.165) is 12.0 Å². The molecule has 144 valence electrons. The smallest absolute Gasteiger partial charge is 0.221 e. The number of nitrogens with one attached hydrogen (secondary N) is 2. The van der Waals surface area contributed by atoms with Crippen molar-refractivity contribution in [1.29, 1.82) is 0 Å². The molecule has 3 aliphatic rings. The molecular formula is C21H22ClN5O. The zero-order valence-electron chi connectivity index (χ0n) is 15.7. The third-order valence-electron chi connectivity index (χ3n) is 6.53. The minimum absolute atomic E-state index is 0.217. The van der Waals surface area contributed by atoms with Crippen LogP contribution in [0.5, 0.6) is 5.88 Å². The summed E-state index contributed by atoms with van der Waals surface area (Å²) in [5.74, 6) is 1.31. The van der Waals surface area contributed by atoms with Crippen LogP contribution in [0.3, 0.4) is 0 Å². The van der Waals surface area contributed by atoms with Crippen molar-refractivity contribution in [2.24, 2.45) is 5.41 Å². The second kappa shape index (κ2) is 6.61. The molecule has 2 saturated heterocycles. The maximum absolute atomic E-state index is 7.09. The monoisotopic (exact) mass is 395 g/mol. The van der Waals surface area contributed by atoms with Crippen molar-refractivity contribution in [2.75, 3.05) is 5.32 Å². The van der Waals surface area contributed by atoms with Gasteiger partial charge in [0.05, 0.1) is 22.8 Å². The molecule has 3 atom stereocenters. The summed E-state index contributed by atoms with van der Waals surface area (Å²) >= 11 is 6.30. The number of piperidine rings is 1. The number of halogens is 1. The molecule has 1 spiro atoms. The molecule has 6 nitrogen and oxygen atoms in total. The number of aromatic nitrogens is 2. The van der Waals surface area contributed by atoms with E-state index in [1.165, 1.54) is 32.0 Å². The van der Waals surface area contributed by atoms with E-state index >= 15 is 0 Å². The third kappa shape index (κ3) is 2.90. The molecule has 28 heavy (non-hydrogen) atoms. The van der Waals surface area contributed by atoms with Crippen LogP contribution in [0.2, 0.25) is 5.02 Å². The maximum Gasteiger partial charge on any atom is 0.221 e. The average Bonchev–Trinajstić information content (AvgIpc) is 3.39. The fourth-order valence-electron chi connectivity index (χ4n) is 4.77. The first kappa shape index (κ1) is 17.7. The van der Waals surface area contributed by atoms with Crippen LogP contribution in [-0.4, -0.2) is 28.2 Å². The number of rotatable bonds is 4. The summed E-state index contributed by atoms with van der Waals surface area (Å²) in [6, 6.07) is 6.33. The van der Waals surface area contributed by atoms with Gasteiger partial charge in [0.2, 0.25) is 5.88 Å². The van der Waals surface area contributed by atoms with Crippen molar-refractivity contribution in [3.8, 4) is 5.88 Å². The number of fused-ring (bicyclic) bond motifs is 3. The summed E-state index contributed by atoms with van der Waals surface area (Å²) in [4.78, 5) is 12.2. The number of ether oxygens (including phenoxy) is 1. The standard InChI is InChI=1S/C21H22ClN5O/c1-12-19(27-16-5-3-13(23-2)9-15(16)22)24-11-25-20(12)28-18-10-14-4-6-17(26-14)21(18)7-8-21/h3,5,9,11,14,17-18,26H,4,6-8,10H2,1H3,(H,24,25,27). The highest BCUT2D eigenvalue weighted by atomic mass is 35.5. The van der Waals surface area contributed by atoms with Crippen molar-refractivity contribution in [3.63, 3.8) is 0 Å². The average molecular weight is 396 g/mol. The van der Waals surface area contributed by atoms with Crippen LogP contribution in [0.15, 0.2) is 24.5 Å². The lowest BCUT2D eigenvalue weighted by molar-refractivity contribution is 0.0528. The molecule has 2 bridgehead atoms. The fraction of sp³-hybridized carbons (Fsp3) is 0.476. The summed E-state index contributed by atoms with van der Waals surface area (Å²) in [6.45, 7) is 9.06. The summed E-state index contributed by atoms with van der Waals surface area (Å²) in [5.41, 5.74) is 2.38. The molecule has 1 aromatic heterocycles. The Bertz CT molecular complexity index is 968. The molecule has 0 amide bonds. The Kier molecular flexibility index (Phi) is 4.18. The lowest BCUT2D eigenvalue weighted by atomic mass is 9.85. The third-order valence-corrected chi connectivity index (χ3v) is 6.84. The highest BCUT2D eigenvalue weighted by molar-refractivity contribution is 6.33. The van der Waals surface area contributed by atoms with E-state index in [4.69, 9.17) is 22.9 Å². The van der Waals surface area contributed by atoms with Crippen LogP contribution in [0.25, 0.3) is 4.85 Å². The van der Waals surface area contributed by atoms with Gasteiger partial charge in [-0.3, -0.25) is 0 Å². The molecule has 1 aromatic carbocycles. The van der Waals surface area contributed by atoms with E-state index in [1.807, 2.05) is 6.92 Å². The first-order chi connectivity index (χ1) is 13.6. The van der Waals surface area contributed by atoms with Crippen LogP contribution < -0.4 is 15.4 Å². The molecule has 3 unspecified atom stereocenters. The molecule has 2 N–H and O–H groups in total. The summed E-state index contributed by atoms with van der Waals surface area (Å²) in [5, 5.41) is 7.52. The van der Waals surface area contributed by atoms with Gasteiger partial charge in [0.15, 0.2) is 5.69 Å². The van der Waals surface area contributed by atoms with Crippen LogP contribution in [0.4, 0.5) is 17.2 Å². The van der Waals surface area contributed by atoms with Gasteiger partial charge in [0, 0.05) is 23.9 Å². The van der Waals surface area contributed by atoms with Gasteiger partial charge in [-0.2, -0.15) is 0 Å². The number of benzene rings is 1. The van der Waals surface area contributed by atoms with Crippen molar-refractivity contribution in [3.05, 3.63) is 46.5 Å². The van der Waals surface area contributed by atoms with E-state index in [9.17, 15) is 0 Å². The minimum Gasteiger partial charge on any atom is -0.473 e. The first-order valence-electron chi connectivity index (χ1n) is 9.77. The van der Waals surface area contributed by atoms with Crippen LogP contribution in [-0.2, 0) is 0 Å². The molecule has 2 aromatic rings. The number of anilines is 2. The molecule has 0 radical (unpaired) electrons. The van der Waals surface area contributed by atoms with E-state index in [2.05, 4.69) is 25.4 Å². The second-order valence-electron chi connectivity index (χ2n) is 8.12.